The van der Waals surface area contributed by atoms with E-state index in [1.54, 1.807) is 13.2 Å². The van der Waals surface area contributed by atoms with Crippen molar-refractivity contribution < 1.29 is 43.6 Å². The molecule has 5 fully saturated rings. The maximum Gasteiger partial charge on any atom is 0.408 e. The van der Waals surface area contributed by atoms with Gasteiger partial charge in [-0.3, -0.25) is 24.1 Å². The van der Waals surface area contributed by atoms with Gasteiger partial charge in [-0.25, -0.2) is 15.5 Å². The molecule has 3 heterocycles. The lowest BCUT2D eigenvalue weighted by atomic mass is 9.83. The number of piperidine rings is 1. The Labute approximate surface area is 357 Å². The fourth-order valence-electron chi connectivity index (χ4n) is 9.98. The number of benzene rings is 1. The van der Waals surface area contributed by atoms with Crippen molar-refractivity contribution in [3.05, 3.63) is 46.8 Å². The lowest BCUT2D eigenvalue weighted by molar-refractivity contribution is -0.285. The number of rotatable bonds is 20. The van der Waals surface area contributed by atoms with Crippen molar-refractivity contribution >= 4 is 34.7 Å². The van der Waals surface area contributed by atoms with Gasteiger partial charge in [-0.15, -0.1) is 11.6 Å². The molecule has 0 radical (unpaired) electrons. The van der Waals surface area contributed by atoms with Gasteiger partial charge < -0.3 is 34.7 Å². The van der Waals surface area contributed by atoms with Crippen molar-refractivity contribution in [2.24, 2.45) is 17.8 Å². The Balaban J connectivity index is 0.900. The molecule has 3 saturated carbocycles. The molecule has 0 bridgehead atoms. The van der Waals surface area contributed by atoms with Gasteiger partial charge in [0, 0.05) is 24.4 Å². The van der Waals surface area contributed by atoms with Crippen molar-refractivity contribution in [1.29, 1.82) is 0 Å². The molecule has 16 nitrogen and oxygen atoms in total. The predicted octanol–water partition coefficient (Wildman–Crippen LogP) is 5.14. The molecule has 6 atom stereocenters. The average Bonchev–Trinajstić information content (AvgIpc) is 4.13. The summed E-state index contributed by atoms with van der Waals surface area (Å²) in [6.45, 7) is 7.56. The van der Waals surface area contributed by atoms with Gasteiger partial charge in [0.2, 0.25) is 11.8 Å². The maximum atomic E-state index is 14.2. The molecular formula is C45H64N6O10. The number of likely N-dealkylation sites (tertiary alicyclic amines) is 2. The number of hydrogen-bond acceptors (Lipinski definition) is 11. The summed E-state index contributed by atoms with van der Waals surface area (Å²) in [6, 6.07) is 4.06. The third-order valence-electron chi connectivity index (χ3n) is 13.7. The average molecular weight is 849 g/mol. The van der Waals surface area contributed by atoms with E-state index in [-0.39, 0.29) is 41.7 Å². The number of aromatic nitrogens is 1. The number of para-hydroxylation sites is 1. The van der Waals surface area contributed by atoms with E-state index in [1.807, 2.05) is 23.7 Å². The monoisotopic (exact) mass is 848 g/mol. The number of unbranched alkanes of at least 4 members (excludes halogenated alkanes) is 2. The van der Waals surface area contributed by atoms with Gasteiger partial charge in [0.05, 0.1) is 18.2 Å². The fraction of sp³-hybridized carbons (Fsp3) is 0.667. The summed E-state index contributed by atoms with van der Waals surface area (Å²) in [4.78, 5) is 78.2. The van der Waals surface area contributed by atoms with Crippen LogP contribution in [0.15, 0.2) is 35.6 Å². The quantitative estimate of drug-likeness (QED) is 0.0512. The molecular weight excluding hydrogens is 785 g/mol. The summed E-state index contributed by atoms with van der Waals surface area (Å²) >= 11 is 0. The van der Waals surface area contributed by atoms with Crippen LogP contribution in [0.3, 0.4) is 0 Å². The van der Waals surface area contributed by atoms with E-state index in [9.17, 15) is 24.0 Å². The standard InChI is InChI=1S/C45H64N6O10/c1-3-31-28-45(31,43(55)49-61-57)48-41(53)34-20-14-24-51(34)42(54)37(29-15-7-4-8-16-29)47-44(56)60-36-27-30(36)17-9-5-10-18-33-39(59-26-25-50-22-11-6-12-23-50)32-19-13-21-35(58-2)38(32)46-40(33)52/h3,13,19,21,29-31,34,36-37,57H,1,4-12,14-18,20,22-28H2,2H3,(H,46,52)(H,47,56)(H,48,53)(H,49,55)/t30?,31-,34+,36?,37+,45-/m1/s1. The van der Waals surface area contributed by atoms with Crippen LogP contribution in [-0.2, 0) is 30.5 Å². The van der Waals surface area contributed by atoms with Crippen LogP contribution >= 0.6 is 0 Å². The molecule has 1 aromatic carbocycles. The Morgan fingerprint density at radius 1 is 1.02 bits per heavy atom. The summed E-state index contributed by atoms with van der Waals surface area (Å²) in [5.74, 6) is -0.470. The molecule has 2 saturated heterocycles. The maximum absolute atomic E-state index is 14.2. The highest BCUT2D eigenvalue weighted by Gasteiger charge is 2.61. The molecule has 3 aliphatic carbocycles. The summed E-state index contributed by atoms with van der Waals surface area (Å²) in [5, 5.41) is 15.3. The number of ether oxygens (including phenoxy) is 3. The van der Waals surface area contributed by atoms with Gasteiger partial charge in [-0.2, -0.15) is 0 Å². The third-order valence-corrected chi connectivity index (χ3v) is 13.7. The van der Waals surface area contributed by atoms with E-state index in [0.717, 1.165) is 89.2 Å². The summed E-state index contributed by atoms with van der Waals surface area (Å²) in [7, 11) is 1.59. The molecule has 2 aromatic rings. The van der Waals surface area contributed by atoms with Gasteiger partial charge in [0.25, 0.3) is 11.5 Å². The summed E-state index contributed by atoms with van der Waals surface area (Å²) in [6.07, 6.45) is 15.1. The van der Waals surface area contributed by atoms with Crippen molar-refractivity contribution in [3.8, 4) is 11.5 Å². The number of alkyl carbamates (subject to hydrolysis) is 1. The number of aromatic amines is 1. The Kier molecular flexibility index (Phi) is 14.9. The highest BCUT2D eigenvalue weighted by molar-refractivity contribution is 5.98. The molecule has 4 amide bonds. The second kappa shape index (κ2) is 20.5. The number of pyridine rings is 1. The first kappa shape index (κ1) is 44.4. The Bertz CT molecular complexity index is 1950. The lowest BCUT2D eigenvalue weighted by Crippen LogP contribution is -2.59. The van der Waals surface area contributed by atoms with E-state index >= 15 is 0 Å². The Morgan fingerprint density at radius 2 is 1.80 bits per heavy atom. The minimum absolute atomic E-state index is 0.0852. The second-order valence-electron chi connectivity index (χ2n) is 17.7. The highest BCUT2D eigenvalue weighted by Crippen LogP contribution is 2.45. The van der Waals surface area contributed by atoms with Crippen LogP contribution in [0.25, 0.3) is 10.9 Å². The molecule has 0 spiro atoms. The van der Waals surface area contributed by atoms with Gasteiger partial charge in [0.15, 0.2) is 0 Å². The van der Waals surface area contributed by atoms with Crippen LogP contribution in [0.5, 0.6) is 11.5 Å². The second-order valence-corrected chi connectivity index (χ2v) is 17.7. The number of methoxy groups -OCH3 is 1. The van der Waals surface area contributed by atoms with E-state index in [0.29, 0.717) is 55.0 Å². The third kappa shape index (κ3) is 10.5. The molecule has 1 aromatic heterocycles. The van der Waals surface area contributed by atoms with Crippen molar-refractivity contribution in [1.82, 2.24) is 30.9 Å². The number of nitrogens with zero attached hydrogens (tertiary/aromatic N) is 2. The number of amides is 4. The van der Waals surface area contributed by atoms with Crippen molar-refractivity contribution in [3.63, 3.8) is 0 Å². The van der Waals surface area contributed by atoms with E-state index in [4.69, 9.17) is 19.5 Å². The van der Waals surface area contributed by atoms with Crippen LogP contribution in [-0.4, -0.2) is 107 Å². The minimum Gasteiger partial charge on any atom is -0.495 e. The topological polar surface area (TPSA) is 201 Å². The van der Waals surface area contributed by atoms with Gasteiger partial charge in [-0.1, -0.05) is 50.7 Å². The predicted molar refractivity (Wildman–Crippen MR) is 227 cm³/mol. The highest BCUT2D eigenvalue weighted by atomic mass is 17.2. The Morgan fingerprint density at radius 3 is 2.54 bits per heavy atom. The first-order valence-electron chi connectivity index (χ1n) is 22.6. The van der Waals surface area contributed by atoms with Gasteiger partial charge >= 0.3 is 6.09 Å². The normalized spacial score (nSPS) is 25.6. The van der Waals surface area contributed by atoms with E-state index < -0.39 is 35.5 Å². The van der Waals surface area contributed by atoms with Crippen molar-refractivity contribution in [2.45, 2.75) is 133 Å². The summed E-state index contributed by atoms with van der Waals surface area (Å²) < 4.78 is 17.8. The molecule has 7 rings (SSSR count). The molecule has 16 heteroatoms. The Hall–Kier alpha value is -4.67. The zero-order valence-corrected chi connectivity index (χ0v) is 35.6. The number of hydrogen-bond donors (Lipinski definition) is 5. The molecule has 334 valence electrons. The number of nitrogens with one attached hydrogen (secondary N) is 4. The zero-order chi connectivity index (χ0) is 42.9. The van der Waals surface area contributed by atoms with Gasteiger partial charge in [0.1, 0.15) is 41.8 Å². The minimum atomic E-state index is -1.32. The molecule has 5 aliphatic rings. The van der Waals surface area contributed by atoms with Crippen LogP contribution in [0.4, 0.5) is 4.79 Å². The largest absolute Gasteiger partial charge is 0.495 e. The number of fused-ring (bicyclic) bond motifs is 1. The van der Waals surface area contributed by atoms with Crippen LogP contribution in [0, 0.1) is 17.8 Å². The molecule has 61 heavy (non-hydrogen) atoms. The molecule has 5 N–H and O–H groups in total. The van der Waals surface area contributed by atoms with Crippen LogP contribution < -0.4 is 31.1 Å². The molecule has 2 aliphatic heterocycles. The first-order chi connectivity index (χ1) is 29.7. The van der Waals surface area contributed by atoms with Crippen LogP contribution in [0.2, 0.25) is 0 Å². The fourth-order valence-corrected chi connectivity index (χ4v) is 9.98. The van der Waals surface area contributed by atoms with Crippen molar-refractivity contribution in [2.75, 3.05) is 39.9 Å². The summed E-state index contributed by atoms with van der Waals surface area (Å²) in [5.41, 5.74) is 1.70. The lowest BCUT2D eigenvalue weighted by Gasteiger charge is -2.34. The van der Waals surface area contributed by atoms with E-state index in [2.05, 4.69) is 32.1 Å². The van der Waals surface area contributed by atoms with Gasteiger partial charge in [-0.05, 0) is 108 Å². The SMILES string of the molecule is C=C[C@@H]1C[C@]1(NC(=O)[C@@H]1CCCN1C(=O)[C@@H](NC(=O)OC1CC1CCCCCc1c(OCCN2CCCCC2)c2cccc(OC)c2[nH]c1=O)C1CCCCC1)C(=O)NOO. The smallest absolute Gasteiger partial charge is 0.408 e. The zero-order valence-electron chi connectivity index (χ0n) is 35.6. The molecule has 2 unspecified atom stereocenters. The number of hydroxylamine groups is 1. The van der Waals surface area contributed by atoms with E-state index in [1.165, 1.54) is 24.2 Å². The first-order valence-corrected chi connectivity index (χ1v) is 22.6. The number of H-pyrrole nitrogens is 1. The number of carbonyl (C=O) groups excluding carboxylic acids is 4. The van der Waals surface area contributed by atoms with Crippen LogP contribution in [0.1, 0.15) is 108 Å². The number of carbonyl (C=O) groups is 4.